The Morgan fingerprint density at radius 1 is 1.04 bits per heavy atom. The second-order valence-electron chi connectivity index (χ2n) is 15.5. The summed E-state index contributed by atoms with van der Waals surface area (Å²) in [5.41, 5.74) is 1.59. The maximum atomic E-state index is 13.7. The summed E-state index contributed by atoms with van der Waals surface area (Å²) in [7, 11) is 0. The Labute approximate surface area is 286 Å². The van der Waals surface area contributed by atoms with Crippen LogP contribution in [0.3, 0.4) is 0 Å². The molecule has 3 heterocycles. The van der Waals surface area contributed by atoms with Crippen LogP contribution in [0.5, 0.6) is 5.75 Å². The average molecular weight is 703 g/mol. The van der Waals surface area contributed by atoms with Crippen LogP contribution in [0.4, 0.5) is 4.79 Å². The lowest BCUT2D eigenvalue weighted by atomic mass is 9.49. The van der Waals surface area contributed by atoms with Crippen molar-refractivity contribution in [2.45, 2.75) is 91.6 Å². The lowest BCUT2D eigenvalue weighted by molar-refractivity contribution is -0.199. The minimum absolute atomic E-state index is 0.00586. The number of nitriles is 1. The number of carbonyl (C=O) groups is 2. The summed E-state index contributed by atoms with van der Waals surface area (Å²) < 4.78 is 12.7. The molecule has 1 aromatic carbocycles. The highest BCUT2D eigenvalue weighted by atomic mass is 79.9. The quantitative estimate of drug-likeness (QED) is 0.348. The molecule has 2 saturated carbocycles. The molecule has 0 radical (unpaired) electrons. The summed E-state index contributed by atoms with van der Waals surface area (Å²) in [4.78, 5) is 37.1. The van der Waals surface area contributed by atoms with E-state index in [0.717, 1.165) is 31.6 Å². The summed E-state index contributed by atoms with van der Waals surface area (Å²) >= 11 is 3.46. The van der Waals surface area contributed by atoms with Gasteiger partial charge in [0.15, 0.2) is 0 Å². The van der Waals surface area contributed by atoms with Gasteiger partial charge in [-0.3, -0.25) is 9.69 Å². The zero-order valence-electron chi connectivity index (χ0n) is 28.4. The normalized spacial score (nSPS) is 26.2. The molecule has 2 aliphatic carbocycles. The molecule has 4 aliphatic rings. The standard InChI is InChI=1S/C37H44BrN5O4/c1-35(2,3)47-34(45)42-16-14-41(15-17-42)26-18-23(19-26)8-10-25-11-13-28-30(40-25)22-43(31(28)44)32-36(4,5)33(37(32,6)7)46-27-12-9-24(21-39)29(38)20-27/h9,11-13,20,23,26,32-33H,14-19,22H2,1-7H3. The van der Waals surface area contributed by atoms with Crippen molar-refractivity contribution in [3.63, 3.8) is 0 Å². The Morgan fingerprint density at radius 3 is 2.34 bits per heavy atom. The molecule has 1 aromatic heterocycles. The van der Waals surface area contributed by atoms with E-state index in [4.69, 9.17) is 14.5 Å². The molecule has 10 heteroatoms. The van der Waals surface area contributed by atoms with Crippen LogP contribution in [0.25, 0.3) is 0 Å². The van der Waals surface area contributed by atoms with Crippen LogP contribution in [0, 0.1) is 39.9 Å². The van der Waals surface area contributed by atoms with Gasteiger partial charge in [0, 0.05) is 59.5 Å². The van der Waals surface area contributed by atoms with Crippen LogP contribution in [-0.2, 0) is 11.3 Å². The van der Waals surface area contributed by atoms with Crippen molar-refractivity contribution < 1.29 is 19.1 Å². The largest absolute Gasteiger partial charge is 0.489 e. The number of nitrogens with zero attached hydrogens (tertiary/aromatic N) is 5. The minimum atomic E-state index is -0.479. The number of aromatic nitrogens is 1. The van der Waals surface area contributed by atoms with Gasteiger partial charge < -0.3 is 19.3 Å². The summed E-state index contributed by atoms with van der Waals surface area (Å²) in [6.45, 7) is 17.8. The molecule has 0 N–H and O–H groups in total. The maximum absolute atomic E-state index is 13.7. The number of pyridine rings is 1. The first-order valence-corrected chi connectivity index (χ1v) is 17.3. The monoisotopic (exact) mass is 701 g/mol. The Morgan fingerprint density at radius 2 is 1.72 bits per heavy atom. The molecular weight excluding hydrogens is 658 g/mol. The van der Waals surface area contributed by atoms with Crippen LogP contribution in [0.15, 0.2) is 34.8 Å². The molecule has 1 saturated heterocycles. The topological polar surface area (TPSA) is 99.0 Å². The number of ether oxygens (including phenoxy) is 2. The van der Waals surface area contributed by atoms with Gasteiger partial charge in [-0.15, -0.1) is 0 Å². The van der Waals surface area contributed by atoms with Crippen molar-refractivity contribution >= 4 is 27.9 Å². The Hall–Kier alpha value is -3.60. The van der Waals surface area contributed by atoms with Gasteiger partial charge in [-0.05, 0) is 85.8 Å². The van der Waals surface area contributed by atoms with Gasteiger partial charge in [0.05, 0.1) is 23.4 Å². The smallest absolute Gasteiger partial charge is 0.410 e. The van der Waals surface area contributed by atoms with E-state index >= 15 is 0 Å². The van der Waals surface area contributed by atoms with Gasteiger partial charge in [-0.25, -0.2) is 9.78 Å². The Bertz CT molecular complexity index is 1670. The molecule has 248 valence electrons. The Balaban J connectivity index is 1.04. The molecule has 9 nitrogen and oxygen atoms in total. The number of amides is 2. The fraction of sp³-hybridized carbons (Fsp3) is 0.568. The third kappa shape index (κ3) is 6.35. The van der Waals surface area contributed by atoms with Crippen molar-refractivity contribution in [2.24, 2.45) is 16.7 Å². The van der Waals surface area contributed by atoms with E-state index in [0.29, 0.717) is 58.6 Å². The van der Waals surface area contributed by atoms with Crippen molar-refractivity contribution in [3.8, 4) is 23.7 Å². The summed E-state index contributed by atoms with van der Waals surface area (Å²) in [5, 5.41) is 9.27. The van der Waals surface area contributed by atoms with Gasteiger partial charge in [0.25, 0.3) is 5.91 Å². The third-order valence-electron chi connectivity index (χ3n) is 10.2. The van der Waals surface area contributed by atoms with Gasteiger partial charge in [0.1, 0.15) is 29.2 Å². The number of hydrogen-bond acceptors (Lipinski definition) is 7. The SMILES string of the molecule is CC(C)(C)OC(=O)N1CCN(C2CC(C#Cc3ccc4c(n3)CN(C3C(C)(C)C(Oc5ccc(C#N)c(Br)c5)C3(C)C)C4=O)C2)CC1. The average Bonchev–Trinajstić information content (AvgIpc) is 3.28. The molecule has 0 bridgehead atoms. The van der Waals surface area contributed by atoms with E-state index < -0.39 is 5.60 Å². The number of rotatable bonds is 4. The van der Waals surface area contributed by atoms with E-state index in [1.54, 1.807) is 11.0 Å². The highest BCUT2D eigenvalue weighted by Gasteiger charge is 2.67. The molecule has 0 spiro atoms. The molecule has 47 heavy (non-hydrogen) atoms. The number of halogens is 1. The molecule has 0 atom stereocenters. The highest BCUT2D eigenvalue weighted by Crippen LogP contribution is 2.59. The lowest BCUT2D eigenvalue weighted by Crippen LogP contribution is -2.74. The molecular formula is C37H44BrN5O4. The van der Waals surface area contributed by atoms with Crippen molar-refractivity contribution in [3.05, 3.63) is 57.3 Å². The van der Waals surface area contributed by atoms with Gasteiger partial charge in [-0.2, -0.15) is 5.26 Å². The maximum Gasteiger partial charge on any atom is 0.410 e. The number of piperazine rings is 1. The predicted molar refractivity (Wildman–Crippen MR) is 182 cm³/mol. The van der Waals surface area contributed by atoms with Crippen molar-refractivity contribution in [2.75, 3.05) is 26.2 Å². The van der Waals surface area contributed by atoms with Gasteiger partial charge in [-0.1, -0.05) is 33.6 Å². The van der Waals surface area contributed by atoms with E-state index in [2.05, 4.69) is 66.4 Å². The zero-order valence-corrected chi connectivity index (χ0v) is 30.0. The highest BCUT2D eigenvalue weighted by molar-refractivity contribution is 9.10. The molecule has 0 unspecified atom stereocenters. The minimum Gasteiger partial charge on any atom is -0.489 e. The summed E-state index contributed by atoms with van der Waals surface area (Å²) in [5.74, 6) is 7.73. The number of hydrogen-bond donors (Lipinski definition) is 0. The zero-order chi connectivity index (χ0) is 33.9. The fourth-order valence-electron chi connectivity index (χ4n) is 8.27. The Kier molecular flexibility index (Phi) is 8.60. The number of fused-ring (bicyclic) bond motifs is 1. The van der Waals surface area contributed by atoms with Crippen molar-refractivity contribution in [1.29, 1.82) is 5.26 Å². The predicted octanol–water partition coefficient (Wildman–Crippen LogP) is 6.24. The first kappa shape index (κ1) is 33.3. The van der Waals surface area contributed by atoms with E-state index in [1.165, 1.54) is 0 Å². The summed E-state index contributed by atoms with van der Waals surface area (Å²) in [6, 6.07) is 11.8. The second-order valence-corrected chi connectivity index (χ2v) is 16.4. The number of benzene rings is 1. The first-order valence-electron chi connectivity index (χ1n) is 16.5. The second kappa shape index (κ2) is 12.1. The van der Waals surface area contributed by atoms with Gasteiger partial charge >= 0.3 is 6.09 Å². The fourth-order valence-corrected chi connectivity index (χ4v) is 8.72. The van der Waals surface area contributed by atoms with Gasteiger partial charge in [0.2, 0.25) is 0 Å². The van der Waals surface area contributed by atoms with E-state index in [1.807, 2.05) is 49.9 Å². The first-order chi connectivity index (χ1) is 22.1. The number of carbonyl (C=O) groups excluding carboxylic acids is 2. The van der Waals surface area contributed by atoms with Crippen LogP contribution < -0.4 is 4.74 Å². The van der Waals surface area contributed by atoms with Crippen LogP contribution in [0.2, 0.25) is 0 Å². The van der Waals surface area contributed by atoms with Crippen LogP contribution in [0.1, 0.15) is 88.6 Å². The van der Waals surface area contributed by atoms with E-state index in [9.17, 15) is 14.9 Å². The van der Waals surface area contributed by atoms with Crippen LogP contribution in [-0.4, -0.2) is 81.7 Å². The van der Waals surface area contributed by atoms with E-state index in [-0.39, 0.29) is 35.0 Å². The third-order valence-corrected chi connectivity index (χ3v) is 10.8. The molecule has 6 rings (SSSR count). The van der Waals surface area contributed by atoms with Crippen LogP contribution >= 0.6 is 15.9 Å². The molecule has 2 aliphatic heterocycles. The summed E-state index contributed by atoms with van der Waals surface area (Å²) in [6.07, 6.45) is 1.68. The molecule has 2 aromatic rings. The molecule has 3 fully saturated rings. The lowest BCUT2D eigenvalue weighted by Gasteiger charge is -2.65. The molecule has 2 amide bonds. The van der Waals surface area contributed by atoms with Crippen molar-refractivity contribution in [1.82, 2.24) is 19.7 Å².